The lowest BCUT2D eigenvalue weighted by Gasteiger charge is -2.18. The minimum absolute atomic E-state index is 0.172. The van der Waals surface area contributed by atoms with E-state index in [1.54, 1.807) is 30.3 Å². The first-order valence-corrected chi connectivity index (χ1v) is 7.72. The van der Waals surface area contributed by atoms with Gasteiger partial charge in [-0.05, 0) is 36.2 Å². The highest BCUT2D eigenvalue weighted by molar-refractivity contribution is 5.99. The lowest BCUT2D eigenvalue weighted by molar-refractivity contribution is -0.118. The number of nitrogens with one attached hydrogen (secondary N) is 1. The van der Waals surface area contributed by atoms with Crippen molar-refractivity contribution in [1.82, 2.24) is 5.32 Å². The second kappa shape index (κ2) is 6.97. The van der Waals surface area contributed by atoms with Gasteiger partial charge in [0.1, 0.15) is 5.82 Å². The van der Waals surface area contributed by atoms with Crippen LogP contribution >= 0.6 is 0 Å². The van der Waals surface area contributed by atoms with Gasteiger partial charge in [-0.1, -0.05) is 18.2 Å². The number of carbonyl (C=O) groups excluding carboxylic acids is 1. The Hall–Kier alpha value is -2.47. The van der Waals surface area contributed by atoms with Gasteiger partial charge in [0.25, 0.3) is 0 Å². The molecule has 0 saturated carbocycles. The third kappa shape index (κ3) is 3.23. The molecule has 0 unspecified atom stereocenters. The van der Waals surface area contributed by atoms with Gasteiger partial charge in [0.15, 0.2) is 11.6 Å². The highest BCUT2D eigenvalue weighted by Gasteiger charge is 2.33. The fraction of sp³-hybridized carbons (Fsp3) is 0.278. The first-order chi connectivity index (χ1) is 11.6. The third-order valence-electron chi connectivity index (χ3n) is 4.12. The Morgan fingerprint density at radius 1 is 1.21 bits per heavy atom. The van der Waals surface area contributed by atoms with Gasteiger partial charge in [0.2, 0.25) is 5.91 Å². The highest BCUT2D eigenvalue weighted by atomic mass is 19.1. The molecule has 0 spiro atoms. The zero-order valence-electron chi connectivity index (χ0n) is 13.3. The van der Waals surface area contributed by atoms with Crippen molar-refractivity contribution >= 4 is 11.6 Å². The number of rotatable bonds is 5. The number of hydrogen-bond donors (Lipinski definition) is 1. The number of benzene rings is 2. The summed E-state index contributed by atoms with van der Waals surface area (Å²) < 4.78 is 32.4. The molecular formula is C18H18F2N2O2. The number of hydrogen-bond acceptors (Lipinski definition) is 3. The molecule has 24 heavy (non-hydrogen) atoms. The maximum atomic E-state index is 13.8. The number of carbonyl (C=O) groups is 1. The molecule has 1 heterocycles. The van der Waals surface area contributed by atoms with Gasteiger partial charge in [0, 0.05) is 13.1 Å². The second-order valence-corrected chi connectivity index (χ2v) is 5.63. The van der Waals surface area contributed by atoms with Gasteiger partial charge in [-0.25, -0.2) is 8.78 Å². The van der Waals surface area contributed by atoms with E-state index in [0.717, 1.165) is 0 Å². The van der Waals surface area contributed by atoms with Crippen molar-refractivity contribution in [3.63, 3.8) is 0 Å². The summed E-state index contributed by atoms with van der Waals surface area (Å²) in [6, 6.07) is 10.5. The van der Waals surface area contributed by atoms with E-state index in [1.165, 1.54) is 24.1 Å². The molecule has 1 amide bonds. The Bertz CT molecular complexity index is 752. The summed E-state index contributed by atoms with van der Waals surface area (Å²) in [5.74, 6) is -0.846. The minimum Gasteiger partial charge on any atom is -0.494 e. The van der Waals surface area contributed by atoms with E-state index in [-0.39, 0.29) is 11.7 Å². The molecule has 0 aliphatic carbocycles. The Kier molecular flexibility index (Phi) is 4.76. The fourth-order valence-corrected chi connectivity index (χ4v) is 2.84. The molecule has 1 saturated heterocycles. The van der Waals surface area contributed by atoms with E-state index in [4.69, 9.17) is 4.74 Å². The molecule has 3 rings (SSSR count). The summed E-state index contributed by atoms with van der Waals surface area (Å²) in [5.41, 5.74) is 1.01. The molecule has 1 aliphatic rings. The summed E-state index contributed by atoms with van der Waals surface area (Å²) >= 11 is 0. The number of anilines is 1. The quantitative estimate of drug-likeness (QED) is 0.915. The standard InChI is InChI=1S/C18H18F2N2O2/c1-24-17-7-6-12(10-14(17)20)11-21-15-8-9-22(18(15)23)16-5-3-2-4-13(16)19/h2-7,10,15,21H,8-9,11H2,1H3/t15-/m1/s1. The third-order valence-corrected chi connectivity index (χ3v) is 4.12. The molecule has 2 aromatic rings. The minimum atomic E-state index is -0.442. The lowest BCUT2D eigenvalue weighted by Crippen LogP contribution is -2.38. The van der Waals surface area contributed by atoms with Crippen molar-refractivity contribution in [2.45, 2.75) is 19.0 Å². The SMILES string of the molecule is COc1ccc(CN[C@@H]2CCN(c3ccccc3F)C2=O)cc1F. The van der Waals surface area contributed by atoms with Crippen molar-refractivity contribution in [1.29, 1.82) is 0 Å². The van der Waals surface area contributed by atoms with Crippen LogP contribution in [-0.2, 0) is 11.3 Å². The van der Waals surface area contributed by atoms with Crippen LogP contribution < -0.4 is 15.0 Å². The summed E-state index contributed by atoms with van der Waals surface area (Å²) in [5, 5.41) is 3.11. The van der Waals surface area contributed by atoms with Crippen molar-refractivity contribution < 1.29 is 18.3 Å². The van der Waals surface area contributed by atoms with Crippen LogP contribution in [0.15, 0.2) is 42.5 Å². The number of methoxy groups -OCH3 is 1. The smallest absolute Gasteiger partial charge is 0.244 e. The monoisotopic (exact) mass is 332 g/mol. The summed E-state index contributed by atoms with van der Waals surface area (Å²) in [6.45, 7) is 0.802. The van der Waals surface area contributed by atoms with Crippen molar-refractivity contribution in [2.24, 2.45) is 0 Å². The highest BCUT2D eigenvalue weighted by Crippen LogP contribution is 2.24. The largest absolute Gasteiger partial charge is 0.494 e. The molecule has 1 N–H and O–H groups in total. The van der Waals surface area contributed by atoms with Crippen molar-refractivity contribution in [3.8, 4) is 5.75 Å². The van der Waals surface area contributed by atoms with E-state index in [0.29, 0.717) is 30.8 Å². The zero-order valence-corrected chi connectivity index (χ0v) is 13.3. The number of nitrogens with zero attached hydrogens (tertiary/aromatic N) is 1. The molecule has 1 atom stereocenters. The Morgan fingerprint density at radius 3 is 2.71 bits per heavy atom. The summed E-state index contributed by atoms with van der Waals surface area (Å²) in [6.07, 6.45) is 0.575. The van der Waals surface area contributed by atoms with Gasteiger partial charge >= 0.3 is 0 Å². The normalized spacial score (nSPS) is 17.4. The van der Waals surface area contributed by atoms with Gasteiger partial charge in [0.05, 0.1) is 18.8 Å². The molecule has 0 bridgehead atoms. The average Bonchev–Trinajstić information content (AvgIpc) is 2.94. The van der Waals surface area contributed by atoms with Crippen LogP contribution in [0.5, 0.6) is 5.75 Å². The zero-order chi connectivity index (χ0) is 17.1. The predicted octanol–water partition coefficient (Wildman–Crippen LogP) is 2.87. The molecule has 1 aliphatic heterocycles. The number of para-hydroxylation sites is 1. The first kappa shape index (κ1) is 16.4. The molecule has 6 heteroatoms. The van der Waals surface area contributed by atoms with Gasteiger partial charge < -0.3 is 15.0 Å². The number of halogens is 2. The molecular weight excluding hydrogens is 314 g/mol. The Balaban J connectivity index is 1.64. The number of ether oxygens (including phenoxy) is 1. The van der Waals surface area contributed by atoms with Gasteiger partial charge in [-0.3, -0.25) is 4.79 Å². The van der Waals surface area contributed by atoms with Crippen LogP contribution in [0.1, 0.15) is 12.0 Å². The molecule has 0 radical (unpaired) electrons. The second-order valence-electron chi connectivity index (χ2n) is 5.63. The topological polar surface area (TPSA) is 41.6 Å². The van der Waals surface area contributed by atoms with Crippen LogP contribution in [0.3, 0.4) is 0 Å². The molecule has 4 nitrogen and oxygen atoms in total. The summed E-state index contributed by atoms with van der Waals surface area (Å²) in [7, 11) is 1.41. The van der Waals surface area contributed by atoms with E-state index in [1.807, 2.05) is 0 Å². The van der Waals surface area contributed by atoms with Crippen LogP contribution in [0.2, 0.25) is 0 Å². The van der Waals surface area contributed by atoms with E-state index >= 15 is 0 Å². The van der Waals surface area contributed by atoms with Crippen molar-refractivity contribution in [3.05, 3.63) is 59.7 Å². The molecule has 2 aromatic carbocycles. The van der Waals surface area contributed by atoms with E-state index < -0.39 is 17.7 Å². The van der Waals surface area contributed by atoms with Gasteiger partial charge in [-0.15, -0.1) is 0 Å². The van der Waals surface area contributed by atoms with E-state index in [2.05, 4.69) is 5.32 Å². The molecule has 1 fully saturated rings. The van der Waals surface area contributed by atoms with Crippen LogP contribution in [0.4, 0.5) is 14.5 Å². The van der Waals surface area contributed by atoms with Crippen LogP contribution in [-0.4, -0.2) is 25.6 Å². The molecule has 126 valence electrons. The van der Waals surface area contributed by atoms with Crippen LogP contribution in [0.25, 0.3) is 0 Å². The first-order valence-electron chi connectivity index (χ1n) is 7.72. The average molecular weight is 332 g/mol. The maximum absolute atomic E-state index is 13.8. The Morgan fingerprint density at radius 2 is 2.00 bits per heavy atom. The lowest BCUT2D eigenvalue weighted by atomic mass is 10.2. The fourth-order valence-electron chi connectivity index (χ4n) is 2.84. The summed E-state index contributed by atoms with van der Waals surface area (Å²) in [4.78, 5) is 13.9. The van der Waals surface area contributed by atoms with Gasteiger partial charge in [-0.2, -0.15) is 0 Å². The van der Waals surface area contributed by atoms with Crippen molar-refractivity contribution in [2.75, 3.05) is 18.6 Å². The predicted molar refractivity (Wildman–Crippen MR) is 86.9 cm³/mol. The Labute approximate surface area is 139 Å². The maximum Gasteiger partial charge on any atom is 0.244 e. The van der Waals surface area contributed by atoms with Crippen LogP contribution in [0, 0.1) is 11.6 Å². The number of amides is 1. The van der Waals surface area contributed by atoms with E-state index in [9.17, 15) is 13.6 Å². The molecule has 0 aromatic heterocycles.